The standard InChI is InChI=1S/C14H19NO4/c1-4-19-11-7-5-6-10(8-11)13(16)15-12(9(2)3)14(17)18/h5-9,12H,4H2,1-3H3,(H,15,16)(H,17,18)/t12-/m0/s1. The molecule has 1 aromatic rings. The molecule has 104 valence electrons. The van der Waals surface area contributed by atoms with Gasteiger partial charge in [0.2, 0.25) is 0 Å². The molecule has 0 bridgehead atoms. The third-order valence-corrected chi connectivity index (χ3v) is 2.63. The summed E-state index contributed by atoms with van der Waals surface area (Å²) in [6.45, 7) is 5.85. The molecule has 0 aromatic heterocycles. The summed E-state index contributed by atoms with van der Waals surface area (Å²) in [5.41, 5.74) is 0.387. The molecule has 5 heteroatoms. The van der Waals surface area contributed by atoms with Crippen LogP contribution in [0.1, 0.15) is 31.1 Å². The zero-order chi connectivity index (χ0) is 14.4. The summed E-state index contributed by atoms with van der Waals surface area (Å²) < 4.78 is 5.30. The minimum Gasteiger partial charge on any atom is -0.494 e. The fraction of sp³-hybridized carbons (Fsp3) is 0.429. The van der Waals surface area contributed by atoms with Crippen molar-refractivity contribution in [3.63, 3.8) is 0 Å². The second-order valence-electron chi connectivity index (χ2n) is 4.49. The largest absolute Gasteiger partial charge is 0.494 e. The number of carboxylic acid groups (broad SMARTS) is 1. The van der Waals surface area contributed by atoms with Crippen LogP contribution >= 0.6 is 0 Å². The third kappa shape index (κ3) is 4.28. The highest BCUT2D eigenvalue weighted by molar-refractivity contribution is 5.96. The molecule has 0 spiro atoms. The summed E-state index contributed by atoms with van der Waals surface area (Å²) in [7, 11) is 0. The molecule has 0 heterocycles. The van der Waals surface area contributed by atoms with Crippen LogP contribution in [0.25, 0.3) is 0 Å². The van der Waals surface area contributed by atoms with Gasteiger partial charge in [-0.15, -0.1) is 0 Å². The summed E-state index contributed by atoms with van der Waals surface area (Å²) in [5, 5.41) is 11.5. The number of rotatable bonds is 6. The number of carboxylic acids is 1. The molecular formula is C14H19NO4. The summed E-state index contributed by atoms with van der Waals surface area (Å²) in [6.07, 6.45) is 0. The Kier molecular flexibility index (Phi) is 5.36. The van der Waals surface area contributed by atoms with Gasteiger partial charge in [0.15, 0.2) is 0 Å². The molecule has 0 aliphatic heterocycles. The summed E-state index contributed by atoms with van der Waals surface area (Å²) >= 11 is 0. The van der Waals surface area contributed by atoms with E-state index in [9.17, 15) is 9.59 Å². The van der Waals surface area contributed by atoms with Crippen molar-refractivity contribution in [1.29, 1.82) is 0 Å². The lowest BCUT2D eigenvalue weighted by atomic mass is 10.0. The van der Waals surface area contributed by atoms with E-state index in [-0.39, 0.29) is 5.92 Å². The molecule has 1 rings (SSSR count). The number of hydrogen-bond donors (Lipinski definition) is 2. The number of carbonyl (C=O) groups excluding carboxylic acids is 1. The van der Waals surface area contributed by atoms with Gasteiger partial charge in [-0.3, -0.25) is 4.79 Å². The predicted octanol–water partition coefficient (Wildman–Crippen LogP) is 1.92. The van der Waals surface area contributed by atoms with E-state index < -0.39 is 17.9 Å². The van der Waals surface area contributed by atoms with E-state index in [2.05, 4.69) is 5.32 Å². The Bertz CT molecular complexity index is 457. The number of carbonyl (C=O) groups is 2. The molecule has 1 amide bonds. The molecule has 0 saturated heterocycles. The van der Waals surface area contributed by atoms with E-state index in [1.54, 1.807) is 38.1 Å². The first-order chi connectivity index (χ1) is 8.95. The number of nitrogens with one attached hydrogen (secondary N) is 1. The molecule has 5 nitrogen and oxygen atoms in total. The maximum Gasteiger partial charge on any atom is 0.326 e. The number of amides is 1. The van der Waals surface area contributed by atoms with Crippen molar-refractivity contribution in [2.24, 2.45) is 5.92 Å². The average Bonchev–Trinajstić information content (AvgIpc) is 2.35. The quantitative estimate of drug-likeness (QED) is 0.824. The van der Waals surface area contributed by atoms with Crippen molar-refractivity contribution in [1.82, 2.24) is 5.32 Å². The van der Waals surface area contributed by atoms with Crippen LogP contribution < -0.4 is 10.1 Å². The van der Waals surface area contributed by atoms with E-state index in [0.717, 1.165) is 0 Å². The molecular weight excluding hydrogens is 246 g/mol. The van der Waals surface area contributed by atoms with Crippen molar-refractivity contribution in [3.05, 3.63) is 29.8 Å². The first-order valence-corrected chi connectivity index (χ1v) is 6.22. The molecule has 0 aliphatic carbocycles. The number of ether oxygens (including phenoxy) is 1. The van der Waals surface area contributed by atoms with Gasteiger partial charge in [-0.05, 0) is 31.0 Å². The Morgan fingerprint density at radius 3 is 2.58 bits per heavy atom. The van der Waals surface area contributed by atoms with E-state index in [1.807, 2.05) is 6.92 Å². The van der Waals surface area contributed by atoms with Gasteiger partial charge < -0.3 is 15.2 Å². The lowest BCUT2D eigenvalue weighted by Gasteiger charge is -2.18. The van der Waals surface area contributed by atoms with Gasteiger partial charge in [-0.25, -0.2) is 4.79 Å². The predicted molar refractivity (Wildman–Crippen MR) is 71.3 cm³/mol. The van der Waals surface area contributed by atoms with Gasteiger partial charge in [0, 0.05) is 5.56 Å². The highest BCUT2D eigenvalue weighted by atomic mass is 16.5. The van der Waals surface area contributed by atoms with Crippen LogP contribution in [0.2, 0.25) is 0 Å². The first kappa shape index (κ1) is 15.0. The van der Waals surface area contributed by atoms with E-state index in [0.29, 0.717) is 17.9 Å². The smallest absolute Gasteiger partial charge is 0.326 e. The first-order valence-electron chi connectivity index (χ1n) is 6.22. The minimum absolute atomic E-state index is 0.184. The van der Waals surface area contributed by atoms with E-state index in [1.165, 1.54) is 0 Å². The summed E-state index contributed by atoms with van der Waals surface area (Å²) in [6, 6.07) is 5.76. The van der Waals surface area contributed by atoms with E-state index >= 15 is 0 Å². The Balaban J connectivity index is 2.82. The minimum atomic E-state index is -1.04. The fourth-order valence-corrected chi connectivity index (χ4v) is 1.63. The molecule has 19 heavy (non-hydrogen) atoms. The molecule has 0 unspecified atom stereocenters. The van der Waals surface area contributed by atoms with Crippen LogP contribution in [-0.4, -0.2) is 29.6 Å². The highest BCUT2D eigenvalue weighted by Gasteiger charge is 2.23. The van der Waals surface area contributed by atoms with Gasteiger partial charge in [0.05, 0.1) is 6.61 Å². The normalized spacial score (nSPS) is 12.0. The monoisotopic (exact) mass is 265 g/mol. The molecule has 1 aromatic carbocycles. The van der Waals surface area contributed by atoms with Gasteiger partial charge in [0.1, 0.15) is 11.8 Å². The topological polar surface area (TPSA) is 75.6 Å². The highest BCUT2D eigenvalue weighted by Crippen LogP contribution is 2.14. The Hall–Kier alpha value is -2.04. The third-order valence-electron chi connectivity index (χ3n) is 2.63. The molecule has 1 atom stereocenters. The summed E-state index contributed by atoms with van der Waals surface area (Å²) in [4.78, 5) is 23.0. The van der Waals surface area contributed by atoms with Crippen LogP contribution in [0.15, 0.2) is 24.3 Å². The van der Waals surface area contributed by atoms with Crippen molar-refractivity contribution in [2.45, 2.75) is 26.8 Å². The SMILES string of the molecule is CCOc1cccc(C(=O)N[C@H](C(=O)O)C(C)C)c1. The van der Waals surface area contributed by atoms with Crippen molar-refractivity contribution < 1.29 is 19.4 Å². The molecule has 0 saturated carbocycles. The van der Waals surface area contributed by atoms with Crippen LogP contribution in [0.3, 0.4) is 0 Å². The Morgan fingerprint density at radius 1 is 1.37 bits per heavy atom. The molecule has 0 radical (unpaired) electrons. The van der Waals surface area contributed by atoms with Crippen LogP contribution in [0.5, 0.6) is 5.75 Å². The molecule has 0 aliphatic rings. The van der Waals surface area contributed by atoms with Gasteiger partial charge in [-0.2, -0.15) is 0 Å². The second kappa shape index (κ2) is 6.78. The van der Waals surface area contributed by atoms with E-state index in [4.69, 9.17) is 9.84 Å². The Morgan fingerprint density at radius 2 is 2.05 bits per heavy atom. The maximum absolute atomic E-state index is 12.0. The van der Waals surface area contributed by atoms with Crippen molar-refractivity contribution in [3.8, 4) is 5.75 Å². The number of hydrogen-bond acceptors (Lipinski definition) is 3. The fourth-order valence-electron chi connectivity index (χ4n) is 1.63. The van der Waals surface area contributed by atoms with Gasteiger partial charge in [-0.1, -0.05) is 19.9 Å². The van der Waals surface area contributed by atoms with Crippen molar-refractivity contribution in [2.75, 3.05) is 6.61 Å². The lowest BCUT2D eigenvalue weighted by Crippen LogP contribution is -2.44. The zero-order valence-electron chi connectivity index (χ0n) is 11.3. The van der Waals surface area contributed by atoms with Crippen LogP contribution in [-0.2, 0) is 4.79 Å². The molecule has 2 N–H and O–H groups in total. The summed E-state index contributed by atoms with van der Waals surface area (Å²) in [5.74, 6) is -1.05. The zero-order valence-corrected chi connectivity index (χ0v) is 11.3. The van der Waals surface area contributed by atoms with Gasteiger partial charge >= 0.3 is 5.97 Å². The average molecular weight is 265 g/mol. The van der Waals surface area contributed by atoms with Crippen LogP contribution in [0.4, 0.5) is 0 Å². The van der Waals surface area contributed by atoms with Crippen LogP contribution in [0, 0.1) is 5.92 Å². The second-order valence-corrected chi connectivity index (χ2v) is 4.49. The van der Waals surface area contributed by atoms with Crippen molar-refractivity contribution >= 4 is 11.9 Å². The number of benzene rings is 1. The molecule has 0 fully saturated rings. The maximum atomic E-state index is 12.0. The lowest BCUT2D eigenvalue weighted by molar-refractivity contribution is -0.140. The number of aliphatic carboxylic acids is 1. The Labute approximate surface area is 112 Å². The van der Waals surface area contributed by atoms with Gasteiger partial charge in [0.25, 0.3) is 5.91 Å².